The Hall–Kier alpha value is -3.59. The summed E-state index contributed by atoms with van der Waals surface area (Å²) in [6.45, 7) is 7.62. The van der Waals surface area contributed by atoms with Gasteiger partial charge in [0, 0.05) is 28.6 Å². The van der Waals surface area contributed by atoms with Gasteiger partial charge in [-0.15, -0.1) is 0 Å². The molecule has 0 radical (unpaired) electrons. The van der Waals surface area contributed by atoms with Crippen molar-refractivity contribution in [1.82, 2.24) is 0 Å². The maximum atomic E-state index is 13.3. The highest BCUT2D eigenvalue weighted by atomic mass is 32.2. The third kappa shape index (κ3) is 4.36. The molecule has 1 aliphatic rings. The van der Waals surface area contributed by atoms with Crippen LogP contribution in [0.2, 0.25) is 0 Å². The number of nitrogens with one attached hydrogen (secondary N) is 2. The molecule has 0 fully saturated rings. The summed E-state index contributed by atoms with van der Waals surface area (Å²) >= 11 is 0. The molecular formula is C24H25N3O5S. The Morgan fingerprint density at radius 3 is 2.42 bits per heavy atom. The molecular weight excluding hydrogens is 442 g/mol. The first kappa shape index (κ1) is 22.6. The lowest BCUT2D eigenvalue weighted by molar-refractivity contribution is 0.0635. The summed E-state index contributed by atoms with van der Waals surface area (Å²) in [6, 6.07) is 14.6. The van der Waals surface area contributed by atoms with Crippen LogP contribution in [-0.2, 0) is 14.8 Å². The highest BCUT2D eigenvalue weighted by Gasteiger charge is 2.31. The van der Waals surface area contributed by atoms with Crippen LogP contribution in [0.25, 0.3) is 10.8 Å². The number of carbonyl (C=O) groups excluding carboxylic acids is 2. The number of ether oxygens (including phenoxy) is 1. The molecule has 33 heavy (non-hydrogen) atoms. The molecule has 2 N–H and O–H groups in total. The van der Waals surface area contributed by atoms with Gasteiger partial charge in [-0.3, -0.25) is 14.8 Å². The van der Waals surface area contributed by atoms with Gasteiger partial charge < -0.3 is 9.64 Å². The van der Waals surface area contributed by atoms with Gasteiger partial charge in [0.05, 0.1) is 16.3 Å². The molecule has 0 bridgehead atoms. The Labute approximate surface area is 192 Å². The van der Waals surface area contributed by atoms with Crippen LogP contribution in [0, 0.1) is 0 Å². The molecule has 0 atom stereocenters. The van der Waals surface area contributed by atoms with Crippen molar-refractivity contribution < 1.29 is 22.7 Å². The number of carbonyl (C=O) groups is 2. The number of nitrogens with zero attached hydrogens (tertiary/aromatic N) is 1. The Kier molecular flexibility index (Phi) is 5.53. The van der Waals surface area contributed by atoms with Gasteiger partial charge in [0.2, 0.25) is 0 Å². The summed E-state index contributed by atoms with van der Waals surface area (Å²) in [5, 5.41) is 3.70. The molecule has 0 spiro atoms. The van der Waals surface area contributed by atoms with Crippen molar-refractivity contribution in [2.24, 2.45) is 0 Å². The molecule has 0 saturated carbocycles. The maximum Gasteiger partial charge on any atom is 0.412 e. The monoisotopic (exact) mass is 467 g/mol. The quantitative estimate of drug-likeness (QED) is 0.551. The largest absolute Gasteiger partial charge is 0.444 e. The van der Waals surface area contributed by atoms with E-state index < -0.39 is 21.7 Å². The molecule has 0 unspecified atom stereocenters. The van der Waals surface area contributed by atoms with Crippen LogP contribution in [0.3, 0.4) is 0 Å². The molecule has 8 nitrogen and oxygen atoms in total. The molecule has 3 aromatic carbocycles. The van der Waals surface area contributed by atoms with E-state index in [-0.39, 0.29) is 16.5 Å². The molecule has 9 heteroatoms. The van der Waals surface area contributed by atoms with Gasteiger partial charge in [0.25, 0.3) is 15.9 Å². The summed E-state index contributed by atoms with van der Waals surface area (Å²) < 4.78 is 34.4. The van der Waals surface area contributed by atoms with Crippen molar-refractivity contribution in [3.63, 3.8) is 0 Å². The van der Waals surface area contributed by atoms with E-state index in [4.69, 9.17) is 4.74 Å². The number of anilines is 3. The highest BCUT2D eigenvalue weighted by molar-refractivity contribution is 7.93. The first-order valence-electron chi connectivity index (χ1n) is 10.5. The van der Waals surface area contributed by atoms with Crippen molar-refractivity contribution >= 4 is 49.9 Å². The van der Waals surface area contributed by atoms with Crippen molar-refractivity contribution in [3.8, 4) is 0 Å². The first-order valence-corrected chi connectivity index (χ1v) is 12.0. The van der Waals surface area contributed by atoms with E-state index >= 15 is 0 Å². The number of rotatable bonds is 5. The van der Waals surface area contributed by atoms with E-state index in [0.29, 0.717) is 34.3 Å². The van der Waals surface area contributed by atoms with Crippen molar-refractivity contribution in [3.05, 3.63) is 60.2 Å². The SMILES string of the molecule is CCN1C(=O)c2cccc3c(S(=O)(=O)Nc4cccc(NC(=O)OC(C)(C)C)c4)ccc1c23. The van der Waals surface area contributed by atoms with E-state index in [9.17, 15) is 18.0 Å². The minimum Gasteiger partial charge on any atom is -0.444 e. The van der Waals surface area contributed by atoms with Gasteiger partial charge >= 0.3 is 6.09 Å². The Bertz CT molecular complexity index is 1380. The lowest BCUT2D eigenvalue weighted by Gasteiger charge is -2.20. The molecule has 0 aromatic heterocycles. The Morgan fingerprint density at radius 2 is 1.73 bits per heavy atom. The fraction of sp³-hybridized carbons (Fsp3) is 0.250. The third-order valence-electron chi connectivity index (χ3n) is 5.11. The maximum absolute atomic E-state index is 13.3. The summed E-state index contributed by atoms with van der Waals surface area (Å²) in [5.74, 6) is -0.137. The number of benzene rings is 3. The van der Waals surface area contributed by atoms with Crippen LogP contribution in [0.4, 0.5) is 21.9 Å². The van der Waals surface area contributed by atoms with Gasteiger partial charge in [-0.05, 0) is 64.1 Å². The standard InChI is InChI=1S/C24H25N3O5S/c1-5-27-19-12-13-20(17-10-7-11-18(21(17)19)22(27)28)33(30,31)26-16-9-6-8-15(14-16)25-23(29)32-24(2,3)4/h6-14,26H,5H2,1-4H3,(H,25,29). The van der Waals surface area contributed by atoms with Gasteiger partial charge in [-0.1, -0.05) is 18.2 Å². The lowest BCUT2D eigenvalue weighted by Crippen LogP contribution is -2.27. The molecule has 172 valence electrons. The minimum atomic E-state index is -3.99. The second kappa shape index (κ2) is 8.08. The van der Waals surface area contributed by atoms with Crippen LogP contribution < -0.4 is 14.9 Å². The number of hydrogen-bond donors (Lipinski definition) is 2. The zero-order valence-electron chi connectivity index (χ0n) is 18.8. The number of amides is 2. The van der Waals surface area contributed by atoms with Crippen LogP contribution in [0.5, 0.6) is 0 Å². The normalized spacial score (nSPS) is 13.3. The van der Waals surface area contributed by atoms with Crippen molar-refractivity contribution in [1.29, 1.82) is 0 Å². The topological polar surface area (TPSA) is 105 Å². The summed E-state index contributed by atoms with van der Waals surface area (Å²) in [4.78, 5) is 26.4. The molecule has 2 amide bonds. The molecule has 3 aromatic rings. The fourth-order valence-corrected chi connectivity index (χ4v) is 5.11. The molecule has 4 rings (SSSR count). The average Bonchev–Trinajstić information content (AvgIpc) is 2.99. The van der Waals surface area contributed by atoms with Crippen LogP contribution in [-0.4, -0.2) is 32.6 Å². The average molecular weight is 468 g/mol. The zero-order valence-corrected chi connectivity index (χ0v) is 19.6. The number of sulfonamides is 1. The van der Waals surface area contributed by atoms with Gasteiger partial charge in [-0.25, -0.2) is 13.2 Å². The molecule has 1 heterocycles. The first-order chi connectivity index (χ1) is 15.5. The van der Waals surface area contributed by atoms with E-state index in [0.717, 1.165) is 0 Å². The summed E-state index contributed by atoms with van der Waals surface area (Å²) in [7, 11) is -3.99. The van der Waals surface area contributed by atoms with Crippen LogP contribution in [0.1, 0.15) is 38.1 Å². The van der Waals surface area contributed by atoms with Crippen LogP contribution >= 0.6 is 0 Å². The van der Waals surface area contributed by atoms with E-state index in [2.05, 4.69) is 10.0 Å². The smallest absolute Gasteiger partial charge is 0.412 e. The summed E-state index contributed by atoms with van der Waals surface area (Å²) in [6.07, 6.45) is -0.639. The van der Waals surface area contributed by atoms with Crippen molar-refractivity contribution in [2.45, 2.75) is 38.2 Å². The predicted molar refractivity (Wildman–Crippen MR) is 128 cm³/mol. The highest BCUT2D eigenvalue weighted by Crippen LogP contribution is 2.40. The number of hydrogen-bond acceptors (Lipinski definition) is 5. The second-order valence-electron chi connectivity index (χ2n) is 8.67. The van der Waals surface area contributed by atoms with Gasteiger partial charge in [0.1, 0.15) is 5.60 Å². The molecule has 1 aliphatic heterocycles. The minimum absolute atomic E-state index is 0.0688. The molecule has 0 aliphatic carbocycles. The van der Waals surface area contributed by atoms with Gasteiger partial charge in [-0.2, -0.15) is 0 Å². The van der Waals surface area contributed by atoms with Crippen LogP contribution in [0.15, 0.2) is 59.5 Å². The van der Waals surface area contributed by atoms with E-state index in [1.165, 1.54) is 12.1 Å². The third-order valence-corrected chi connectivity index (χ3v) is 6.55. The fourth-order valence-electron chi connectivity index (χ4n) is 3.86. The zero-order chi connectivity index (χ0) is 24.0. The van der Waals surface area contributed by atoms with E-state index in [1.54, 1.807) is 68.1 Å². The lowest BCUT2D eigenvalue weighted by atomic mass is 10.1. The van der Waals surface area contributed by atoms with Crippen molar-refractivity contribution in [2.75, 3.05) is 21.5 Å². The van der Waals surface area contributed by atoms with E-state index in [1.807, 2.05) is 6.92 Å². The molecule has 0 saturated heterocycles. The Balaban J connectivity index is 1.66. The van der Waals surface area contributed by atoms with Gasteiger partial charge in [0.15, 0.2) is 0 Å². The summed E-state index contributed by atoms with van der Waals surface area (Å²) in [5.41, 5.74) is 1.20. The predicted octanol–water partition coefficient (Wildman–Crippen LogP) is 4.97. The second-order valence-corrected chi connectivity index (χ2v) is 10.3. The Morgan fingerprint density at radius 1 is 1.03 bits per heavy atom.